The lowest BCUT2D eigenvalue weighted by atomic mass is 9.87. The minimum absolute atomic E-state index is 0.0696. The Kier molecular flexibility index (Phi) is 4.47. The van der Waals surface area contributed by atoms with E-state index in [4.69, 9.17) is 9.47 Å². The average Bonchev–Trinajstić information content (AvgIpc) is 2.75. The molecule has 1 saturated heterocycles. The molecule has 1 unspecified atom stereocenters. The first-order valence-corrected chi connectivity index (χ1v) is 6.82. The molecule has 1 aliphatic rings. The van der Waals surface area contributed by atoms with Crippen LogP contribution in [0.25, 0.3) is 0 Å². The Hall–Kier alpha value is -2.08. The van der Waals surface area contributed by atoms with Crippen molar-refractivity contribution in [2.75, 3.05) is 13.7 Å². The van der Waals surface area contributed by atoms with Gasteiger partial charge in [-0.15, -0.1) is 0 Å². The molecule has 1 fully saturated rings. The van der Waals surface area contributed by atoms with Crippen molar-refractivity contribution >= 4 is 11.9 Å². The first-order chi connectivity index (χ1) is 9.98. The summed E-state index contributed by atoms with van der Waals surface area (Å²) in [7, 11) is 1.61. The molecule has 0 aromatic heterocycles. The van der Waals surface area contributed by atoms with Gasteiger partial charge in [-0.2, -0.15) is 0 Å². The van der Waals surface area contributed by atoms with Gasteiger partial charge in [0.1, 0.15) is 11.3 Å². The van der Waals surface area contributed by atoms with Crippen LogP contribution in [0.3, 0.4) is 0 Å². The number of ether oxygens (including phenoxy) is 2. The van der Waals surface area contributed by atoms with Gasteiger partial charge in [-0.3, -0.25) is 10.1 Å². The number of imide groups is 1. The summed E-state index contributed by atoms with van der Waals surface area (Å²) < 4.78 is 10.7. The van der Waals surface area contributed by atoms with Gasteiger partial charge in [0.15, 0.2) is 0 Å². The molecule has 0 spiro atoms. The van der Waals surface area contributed by atoms with Crippen LogP contribution >= 0.6 is 0 Å². The van der Waals surface area contributed by atoms with Crippen molar-refractivity contribution in [2.24, 2.45) is 5.92 Å². The van der Waals surface area contributed by atoms with Gasteiger partial charge < -0.3 is 14.8 Å². The Labute approximate surface area is 123 Å². The molecule has 1 aromatic carbocycles. The molecule has 1 atom stereocenters. The number of urea groups is 1. The lowest BCUT2D eigenvalue weighted by Gasteiger charge is -2.29. The lowest BCUT2D eigenvalue weighted by Crippen LogP contribution is -2.55. The molecule has 6 heteroatoms. The van der Waals surface area contributed by atoms with Crippen LogP contribution in [0.4, 0.5) is 4.79 Å². The molecule has 1 heterocycles. The molecule has 0 radical (unpaired) electrons. The van der Waals surface area contributed by atoms with Crippen molar-refractivity contribution in [1.82, 2.24) is 10.6 Å². The third kappa shape index (κ3) is 3.16. The number of hydrogen-bond acceptors (Lipinski definition) is 4. The van der Waals surface area contributed by atoms with Crippen LogP contribution in [0.15, 0.2) is 24.3 Å². The van der Waals surface area contributed by atoms with Gasteiger partial charge >= 0.3 is 6.03 Å². The van der Waals surface area contributed by atoms with E-state index in [0.717, 1.165) is 11.3 Å². The van der Waals surface area contributed by atoms with Gasteiger partial charge in [0.05, 0.1) is 20.3 Å². The zero-order valence-corrected chi connectivity index (χ0v) is 12.4. The number of carbonyl (C=O) groups is 2. The van der Waals surface area contributed by atoms with E-state index in [0.29, 0.717) is 6.61 Å². The van der Waals surface area contributed by atoms with Gasteiger partial charge in [0.25, 0.3) is 5.91 Å². The van der Waals surface area contributed by atoms with E-state index in [1.54, 1.807) is 7.11 Å². The maximum Gasteiger partial charge on any atom is 0.322 e. The monoisotopic (exact) mass is 292 g/mol. The van der Waals surface area contributed by atoms with E-state index >= 15 is 0 Å². The molecule has 0 saturated carbocycles. The average molecular weight is 292 g/mol. The minimum atomic E-state index is -0.996. The van der Waals surface area contributed by atoms with Crippen molar-refractivity contribution in [3.8, 4) is 5.75 Å². The Morgan fingerprint density at radius 1 is 1.19 bits per heavy atom. The number of nitrogens with one attached hydrogen (secondary N) is 2. The fraction of sp³-hybridized carbons (Fsp3) is 0.467. The molecule has 21 heavy (non-hydrogen) atoms. The van der Waals surface area contributed by atoms with Gasteiger partial charge in [0, 0.05) is 0 Å². The predicted octanol–water partition coefficient (Wildman–Crippen LogP) is 1.45. The fourth-order valence-electron chi connectivity index (χ4n) is 2.23. The largest absolute Gasteiger partial charge is 0.497 e. The van der Waals surface area contributed by atoms with Crippen LogP contribution in [-0.2, 0) is 16.1 Å². The highest BCUT2D eigenvalue weighted by Crippen LogP contribution is 2.22. The zero-order valence-electron chi connectivity index (χ0n) is 12.4. The molecule has 2 N–H and O–H groups in total. The summed E-state index contributed by atoms with van der Waals surface area (Å²) in [4.78, 5) is 23.3. The number of amides is 3. The zero-order chi connectivity index (χ0) is 15.5. The smallest absolute Gasteiger partial charge is 0.322 e. The number of benzene rings is 1. The Morgan fingerprint density at radius 3 is 2.33 bits per heavy atom. The molecule has 3 amide bonds. The molecule has 0 aliphatic carbocycles. The second-order valence-corrected chi connectivity index (χ2v) is 5.38. The Morgan fingerprint density at radius 2 is 1.86 bits per heavy atom. The van der Waals surface area contributed by atoms with Crippen LogP contribution in [-0.4, -0.2) is 31.2 Å². The third-order valence-corrected chi connectivity index (χ3v) is 3.71. The summed E-state index contributed by atoms with van der Waals surface area (Å²) in [6.45, 7) is 4.25. The van der Waals surface area contributed by atoms with Gasteiger partial charge in [-0.1, -0.05) is 26.0 Å². The molecule has 6 nitrogen and oxygen atoms in total. The molecule has 1 aliphatic heterocycles. The minimum Gasteiger partial charge on any atom is -0.497 e. The van der Waals surface area contributed by atoms with Crippen LogP contribution in [0.5, 0.6) is 5.75 Å². The summed E-state index contributed by atoms with van der Waals surface area (Å²) in [5, 5.41) is 4.94. The standard InChI is InChI=1S/C15H20N2O4/c1-10(2)15(13(18)16-14(19)17-15)9-21-8-11-4-6-12(20-3)7-5-11/h4-7,10H,8-9H2,1-3H3,(H2,16,17,18,19). The predicted molar refractivity (Wildman–Crippen MR) is 76.9 cm³/mol. The number of rotatable bonds is 6. The van der Waals surface area contributed by atoms with Crippen LogP contribution in [0, 0.1) is 5.92 Å². The van der Waals surface area contributed by atoms with E-state index in [1.807, 2.05) is 38.1 Å². The quantitative estimate of drug-likeness (QED) is 0.778. The summed E-state index contributed by atoms with van der Waals surface area (Å²) >= 11 is 0. The summed E-state index contributed by atoms with van der Waals surface area (Å²) in [5.74, 6) is 0.372. The maximum absolute atomic E-state index is 12.0. The van der Waals surface area contributed by atoms with Crippen LogP contribution in [0.1, 0.15) is 19.4 Å². The van der Waals surface area contributed by atoms with E-state index in [2.05, 4.69) is 10.6 Å². The van der Waals surface area contributed by atoms with Crippen molar-refractivity contribution < 1.29 is 19.1 Å². The molecule has 1 aromatic rings. The fourth-order valence-corrected chi connectivity index (χ4v) is 2.23. The second-order valence-electron chi connectivity index (χ2n) is 5.38. The van der Waals surface area contributed by atoms with Crippen molar-refractivity contribution in [2.45, 2.75) is 26.0 Å². The van der Waals surface area contributed by atoms with Crippen molar-refractivity contribution in [1.29, 1.82) is 0 Å². The van der Waals surface area contributed by atoms with E-state index in [-0.39, 0.29) is 18.4 Å². The SMILES string of the molecule is COc1ccc(COCC2(C(C)C)NC(=O)NC2=O)cc1. The van der Waals surface area contributed by atoms with Crippen molar-refractivity contribution in [3.63, 3.8) is 0 Å². The summed E-state index contributed by atoms with van der Waals surface area (Å²) in [6, 6.07) is 7.02. The Balaban J connectivity index is 1.96. The van der Waals surface area contributed by atoms with E-state index in [9.17, 15) is 9.59 Å². The van der Waals surface area contributed by atoms with E-state index in [1.165, 1.54) is 0 Å². The number of hydrogen-bond donors (Lipinski definition) is 2. The van der Waals surface area contributed by atoms with Gasteiger partial charge in [0.2, 0.25) is 0 Å². The van der Waals surface area contributed by atoms with Crippen LogP contribution in [0.2, 0.25) is 0 Å². The first-order valence-electron chi connectivity index (χ1n) is 6.82. The van der Waals surface area contributed by atoms with Gasteiger partial charge in [-0.25, -0.2) is 4.79 Å². The first kappa shape index (κ1) is 15.3. The third-order valence-electron chi connectivity index (χ3n) is 3.71. The van der Waals surface area contributed by atoms with E-state index < -0.39 is 11.6 Å². The highest BCUT2D eigenvalue weighted by molar-refractivity contribution is 6.07. The second kappa shape index (κ2) is 6.13. The molecule has 2 rings (SSSR count). The highest BCUT2D eigenvalue weighted by Gasteiger charge is 2.48. The normalized spacial score (nSPS) is 21.3. The molecule has 0 bridgehead atoms. The molecule has 114 valence electrons. The lowest BCUT2D eigenvalue weighted by molar-refractivity contribution is -0.128. The highest BCUT2D eigenvalue weighted by atomic mass is 16.5. The van der Waals surface area contributed by atoms with Gasteiger partial charge in [-0.05, 0) is 23.6 Å². The Bertz CT molecular complexity index is 527. The summed E-state index contributed by atoms with van der Waals surface area (Å²) in [5.41, 5.74) is -0.0248. The summed E-state index contributed by atoms with van der Waals surface area (Å²) in [6.07, 6.45) is 0. The van der Waals surface area contributed by atoms with Crippen molar-refractivity contribution in [3.05, 3.63) is 29.8 Å². The maximum atomic E-state index is 12.0. The number of carbonyl (C=O) groups excluding carboxylic acids is 2. The molecular weight excluding hydrogens is 272 g/mol. The number of methoxy groups -OCH3 is 1. The molecular formula is C15H20N2O4. The topological polar surface area (TPSA) is 76.7 Å². The van der Waals surface area contributed by atoms with Crippen LogP contribution < -0.4 is 15.4 Å².